The van der Waals surface area contributed by atoms with E-state index < -0.39 is 0 Å². The van der Waals surface area contributed by atoms with Gasteiger partial charge in [0.15, 0.2) is 0 Å². The van der Waals surface area contributed by atoms with Crippen LogP contribution in [0.2, 0.25) is 10.0 Å². The van der Waals surface area contributed by atoms with Gasteiger partial charge in [0, 0.05) is 24.6 Å². The predicted octanol–water partition coefficient (Wildman–Crippen LogP) is 5.33. The Hall–Kier alpha value is -0.300. The normalized spacial score (nSPS) is 10.5. The zero-order valence-corrected chi connectivity index (χ0v) is 16.1. The fraction of sp³-hybridized carbons (Fsp3) is 0.133. The number of hydrogen-bond acceptors (Lipinski definition) is 1. The number of hydrogen-bond donors (Lipinski definition) is 1. The van der Waals surface area contributed by atoms with E-state index in [1.165, 1.54) is 0 Å². The van der Waals surface area contributed by atoms with E-state index in [1.807, 2.05) is 24.3 Å². The Morgan fingerprint density at radius 1 is 1.19 bits per heavy atom. The molecule has 1 N–H and O–H groups in total. The number of carbonyl (C=O) groups excluding carboxylic acids is 1. The smallest absolute Gasteiger partial charge is 0.252 e. The number of rotatable bonds is 4. The maximum Gasteiger partial charge on any atom is 0.252 e. The van der Waals surface area contributed by atoms with Gasteiger partial charge in [0.1, 0.15) is 0 Å². The fourth-order valence-electron chi connectivity index (χ4n) is 1.80. The van der Waals surface area contributed by atoms with Crippen LogP contribution in [-0.4, -0.2) is 12.5 Å². The molecule has 21 heavy (non-hydrogen) atoms. The van der Waals surface area contributed by atoms with Crippen LogP contribution in [0.3, 0.4) is 0 Å². The summed E-state index contributed by atoms with van der Waals surface area (Å²) >= 11 is 17.5. The van der Waals surface area contributed by atoms with Crippen LogP contribution in [0.15, 0.2) is 40.9 Å². The van der Waals surface area contributed by atoms with E-state index in [1.54, 1.807) is 12.1 Å². The van der Waals surface area contributed by atoms with Crippen LogP contribution in [0.4, 0.5) is 0 Å². The lowest BCUT2D eigenvalue weighted by Crippen LogP contribution is -2.26. The van der Waals surface area contributed by atoms with Gasteiger partial charge in [0.2, 0.25) is 0 Å². The topological polar surface area (TPSA) is 29.1 Å². The minimum atomic E-state index is -0.106. The molecule has 0 aliphatic carbocycles. The van der Waals surface area contributed by atoms with Crippen LogP contribution in [0.25, 0.3) is 0 Å². The Morgan fingerprint density at radius 3 is 2.67 bits per heavy atom. The minimum absolute atomic E-state index is 0.106. The quantitative estimate of drug-likeness (QED) is 0.567. The molecule has 0 fully saturated rings. The van der Waals surface area contributed by atoms with Gasteiger partial charge < -0.3 is 5.32 Å². The van der Waals surface area contributed by atoms with Crippen LogP contribution in [-0.2, 0) is 6.42 Å². The summed E-state index contributed by atoms with van der Waals surface area (Å²) in [5.41, 5.74) is 1.59. The molecule has 6 heteroatoms. The molecule has 2 aromatic rings. The summed E-state index contributed by atoms with van der Waals surface area (Å²) in [6.45, 7) is 0.512. The van der Waals surface area contributed by atoms with Crippen LogP contribution in [0, 0.1) is 3.57 Å². The predicted molar refractivity (Wildman–Crippen MR) is 99.4 cm³/mol. The van der Waals surface area contributed by atoms with E-state index in [0.29, 0.717) is 28.6 Å². The van der Waals surface area contributed by atoms with Gasteiger partial charge in [-0.25, -0.2) is 0 Å². The van der Waals surface area contributed by atoms with Crippen molar-refractivity contribution in [1.82, 2.24) is 5.32 Å². The largest absolute Gasteiger partial charge is 0.352 e. The van der Waals surface area contributed by atoms with Crippen molar-refractivity contribution in [1.29, 1.82) is 0 Å². The molecule has 0 saturated carbocycles. The Balaban J connectivity index is 1.97. The molecule has 0 atom stereocenters. The van der Waals surface area contributed by atoms with Crippen molar-refractivity contribution in [2.75, 3.05) is 6.54 Å². The number of nitrogens with one attached hydrogen (secondary N) is 1. The van der Waals surface area contributed by atoms with E-state index in [-0.39, 0.29) is 5.91 Å². The molecule has 0 aromatic heterocycles. The second-order valence-corrected chi connectivity index (χ2v) is 7.31. The molecular weight excluding hydrogens is 488 g/mol. The Labute approximate surface area is 155 Å². The molecule has 1 amide bonds. The van der Waals surface area contributed by atoms with E-state index in [0.717, 1.165) is 13.6 Å². The Kier molecular flexibility index (Phi) is 6.34. The van der Waals surface area contributed by atoms with Gasteiger partial charge >= 0.3 is 0 Å². The van der Waals surface area contributed by atoms with Gasteiger partial charge in [-0.15, -0.1) is 0 Å². The molecular formula is C15H11BrCl2INO. The first-order chi connectivity index (χ1) is 9.97. The number of amides is 1. The maximum atomic E-state index is 12.1. The lowest BCUT2D eigenvalue weighted by molar-refractivity contribution is 0.0953. The van der Waals surface area contributed by atoms with Gasteiger partial charge in [-0.2, -0.15) is 0 Å². The maximum absolute atomic E-state index is 12.1. The zero-order valence-electron chi connectivity index (χ0n) is 10.8. The first-order valence-electron chi connectivity index (χ1n) is 6.14. The number of carbonyl (C=O) groups is 1. The van der Waals surface area contributed by atoms with Crippen LogP contribution in [0.5, 0.6) is 0 Å². The average Bonchev–Trinajstić information content (AvgIpc) is 2.43. The first-order valence-corrected chi connectivity index (χ1v) is 8.77. The van der Waals surface area contributed by atoms with E-state index in [4.69, 9.17) is 23.2 Å². The van der Waals surface area contributed by atoms with Gasteiger partial charge in [0.05, 0.1) is 5.56 Å². The highest BCUT2D eigenvalue weighted by atomic mass is 127. The van der Waals surface area contributed by atoms with Crippen LogP contribution >= 0.6 is 61.7 Å². The van der Waals surface area contributed by atoms with Crippen LogP contribution < -0.4 is 5.32 Å². The Morgan fingerprint density at radius 2 is 1.95 bits per heavy atom. The summed E-state index contributed by atoms with van der Waals surface area (Å²) in [5, 5.41) is 4.12. The number of benzene rings is 2. The molecule has 0 saturated heterocycles. The van der Waals surface area contributed by atoms with Crippen molar-refractivity contribution >= 4 is 67.6 Å². The second kappa shape index (κ2) is 7.81. The summed E-state index contributed by atoms with van der Waals surface area (Å²) in [4.78, 5) is 12.1. The SMILES string of the molecule is O=C(NCCc1ccc(Cl)cc1Cl)c1cc(I)ccc1Br. The van der Waals surface area contributed by atoms with E-state index in [9.17, 15) is 4.79 Å². The molecule has 0 radical (unpaired) electrons. The van der Waals surface area contributed by atoms with Crippen molar-refractivity contribution in [3.63, 3.8) is 0 Å². The molecule has 0 aliphatic heterocycles. The highest BCUT2D eigenvalue weighted by Gasteiger charge is 2.10. The third-order valence-electron chi connectivity index (χ3n) is 2.87. The molecule has 2 nitrogen and oxygen atoms in total. The molecule has 0 aliphatic rings. The van der Waals surface area contributed by atoms with Gasteiger partial charge in [0.25, 0.3) is 5.91 Å². The summed E-state index contributed by atoms with van der Waals surface area (Å²) in [7, 11) is 0. The summed E-state index contributed by atoms with van der Waals surface area (Å²) in [5.74, 6) is -0.106. The summed E-state index contributed by atoms with van der Waals surface area (Å²) in [6, 6.07) is 11.0. The number of halogens is 4. The fourth-order valence-corrected chi connectivity index (χ4v) is 3.22. The van der Waals surface area contributed by atoms with E-state index >= 15 is 0 Å². The van der Waals surface area contributed by atoms with Gasteiger partial charge in [-0.3, -0.25) is 4.79 Å². The highest BCUT2D eigenvalue weighted by Crippen LogP contribution is 2.22. The molecule has 2 rings (SSSR count). The van der Waals surface area contributed by atoms with Crippen molar-refractivity contribution < 1.29 is 4.79 Å². The highest BCUT2D eigenvalue weighted by molar-refractivity contribution is 14.1. The minimum Gasteiger partial charge on any atom is -0.352 e. The van der Waals surface area contributed by atoms with Crippen molar-refractivity contribution in [3.05, 3.63) is 65.6 Å². The molecule has 0 unspecified atom stereocenters. The van der Waals surface area contributed by atoms with Gasteiger partial charge in [-0.05, 0) is 80.8 Å². The molecule has 2 aromatic carbocycles. The first kappa shape index (κ1) is 17.1. The van der Waals surface area contributed by atoms with Gasteiger partial charge in [-0.1, -0.05) is 29.3 Å². The van der Waals surface area contributed by atoms with E-state index in [2.05, 4.69) is 43.8 Å². The lowest BCUT2D eigenvalue weighted by atomic mass is 10.1. The second-order valence-electron chi connectivity index (χ2n) is 4.37. The standard InChI is InChI=1S/C15H11BrCl2INO/c16-13-4-3-11(19)8-12(13)15(21)20-6-5-9-1-2-10(17)7-14(9)18/h1-4,7-8H,5-6H2,(H,20,21). The third-order valence-corrected chi connectivity index (χ3v) is 4.82. The molecule has 0 heterocycles. The lowest BCUT2D eigenvalue weighted by Gasteiger charge is -2.08. The monoisotopic (exact) mass is 497 g/mol. The Bertz CT molecular complexity index is 679. The molecule has 0 spiro atoms. The van der Waals surface area contributed by atoms with Crippen molar-refractivity contribution in [3.8, 4) is 0 Å². The molecule has 110 valence electrons. The van der Waals surface area contributed by atoms with Crippen LogP contribution in [0.1, 0.15) is 15.9 Å². The summed E-state index contributed by atoms with van der Waals surface area (Å²) < 4.78 is 1.80. The van der Waals surface area contributed by atoms with Crippen molar-refractivity contribution in [2.45, 2.75) is 6.42 Å². The van der Waals surface area contributed by atoms with Crippen molar-refractivity contribution in [2.24, 2.45) is 0 Å². The summed E-state index contributed by atoms with van der Waals surface area (Å²) in [6.07, 6.45) is 0.656. The third kappa shape index (κ3) is 4.84. The zero-order chi connectivity index (χ0) is 15.4. The average molecular weight is 499 g/mol. The molecule has 0 bridgehead atoms.